The molecule has 1 aromatic carbocycles. The van der Waals surface area contributed by atoms with Gasteiger partial charge in [-0.2, -0.15) is 0 Å². The zero-order chi connectivity index (χ0) is 17.7. The van der Waals surface area contributed by atoms with E-state index >= 15 is 0 Å². The minimum absolute atomic E-state index is 0.0397. The van der Waals surface area contributed by atoms with Crippen molar-refractivity contribution in [1.82, 2.24) is 14.9 Å². The molecular formula is C19H25N5. The lowest BCUT2D eigenvalue weighted by molar-refractivity contribution is 0.412. The Morgan fingerprint density at radius 1 is 1.46 bits per heavy atom. The molecule has 0 saturated carbocycles. The number of fused-ring (bicyclic) bond motifs is 1. The molecule has 0 radical (unpaired) electrons. The first-order chi connectivity index (χ1) is 11.4. The van der Waals surface area contributed by atoms with E-state index in [-0.39, 0.29) is 5.54 Å². The lowest BCUT2D eigenvalue weighted by Gasteiger charge is -2.26. The fourth-order valence-corrected chi connectivity index (χ4v) is 2.22. The van der Waals surface area contributed by atoms with Gasteiger partial charge in [-0.15, -0.1) is 0 Å². The van der Waals surface area contributed by atoms with Crippen LogP contribution in [0.5, 0.6) is 0 Å². The van der Waals surface area contributed by atoms with Crippen LogP contribution in [0.4, 0.5) is 0 Å². The van der Waals surface area contributed by atoms with Crippen molar-refractivity contribution in [3.05, 3.63) is 54.6 Å². The van der Waals surface area contributed by atoms with Crippen LogP contribution in [0.2, 0.25) is 0 Å². The number of aliphatic imine (C=N–C) groups is 1. The van der Waals surface area contributed by atoms with Crippen LogP contribution < -0.4 is 5.32 Å². The largest absolute Gasteiger partial charge is 0.365 e. The third kappa shape index (κ3) is 3.79. The molecule has 0 atom stereocenters. The normalized spacial score (nSPS) is 13.2. The quantitative estimate of drug-likeness (QED) is 0.620. The Labute approximate surface area is 143 Å². The maximum absolute atomic E-state index is 7.43. The van der Waals surface area contributed by atoms with E-state index in [4.69, 9.17) is 10.4 Å². The topological polar surface area (TPSA) is 66.1 Å². The molecule has 0 aliphatic heterocycles. The molecule has 5 heteroatoms. The number of benzene rings is 1. The van der Waals surface area contributed by atoms with Gasteiger partial charge in [-0.1, -0.05) is 19.6 Å². The molecule has 1 heterocycles. The molecule has 0 aliphatic rings. The molecule has 2 aromatic rings. The van der Waals surface area contributed by atoms with Crippen molar-refractivity contribution < 1.29 is 0 Å². The number of allylic oxidation sites excluding steroid dienone is 2. The third-order valence-electron chi connectivity index (χ3n) is 4.03. The Bertz CT molecular complexity index is 808. The summed E-state index contributed by atoms with van der Waals surface area (Å²) in [5, 5.41) is 10.9. The van der Waals surface area contributed by atoms with Crippen LogP contribution in [-0.2, 0) is 0 Å². The molecular weight excluding hydrogens is 298 g/mol. The minimum Gasteiger partial charge on any atom is -0.365 e. The number of hydrogen-bond donors (Lipinski definition) is 2. The lowest BCUT2D eigenvalue weighted by atomic mass is 10.0. The zero-order valence-corrected chi connectivity index (χ0v) is 14.8. The predicted octanol–water partition coefficient (Wildman–Crippen LogP) is 4.11. The highest BCUT2D eigenvalue weighted by Crippen LogP contribution is 2.16. The molecule has 2 rings (SSSR count). The summed E-state index contributed by atoms with van der Waals surface area (Å²) in [5.74, 6) is 1.48. The Kier molecular flexibility index (Phi) is 5.34. The molecule has 0 aliphatic carbocycles. The van der Waals surface area contributed by atoms with Gasteiger partial charge in [0, 0.05) is 11.8 Å². The number of nitrogens with zero attached hydrogens (tertiary/aromatic N) is 3. The zero-order valence-electron chi connectivity index (χ0n) is 14.8. The Hall–Kier alpha value is -2.69. The Morgan fingerprint density at radius 2 is 2.21 bits per heavy atom. The van der Waals surface area contributed by atoms with Gasteiger partial charge in [0.1, 0.15) is 18.0 Å². The van der Waals surface area contributed by atoms with Crippen LogP contribution in [0, 0.1) is 5.41 Å². The highest BCUT2D eigenvalue weighted by Gasteiger charge is 2.15. The number of aromatic nitrogens is 2. The van der Waals surface area contributed by atoms with Crippen LogP contribution >= 0.6 is 0 Å². The van der Waals surface area contributed by atoms with E-state index in [0.717, 1.165) is 28.8 Å². The van der Waals surface area contributed by atoms with Gasteiger partial charge < -0.3 is 10.7 Å². The van der Waals surface area contributed by atoms with Gasteiger partial charge >= 0.3 is 0 Å². The summed E-state index contributed by atoms with van der Waals surface area (Å²) >= 11 is 0. The average molecular weight is 323 g/mol. The monoisotopic (exact) mass is 323 g/mol. The van der Waals surface area contributed by atoms with E-state index in [2.05, 4.69) is 37.7 Å². The van der Waals surface area contributed by atoms with E-state index in [9.17, 15) is 0 Å². The second-order valence-electron chi connectivity index (χ2n) is 6.22. The van der Waals surface area contributed by atoms with Gasteiger partial charge in [0.25, 0.3) is 0 Å². The minimum atomic E-state index is -0.0397. The van der Waals surface area contributed by atoms with Gasteiger partial charge in [-0.05, 0) is 57.0 Å². The summed E-state index contributed by atoms with van der Waals surface area (Å²) in [6, 6.07) is 5.70. The summed E-state index contributed by atoms with van der Waals surface area (Å²) in [4.78, 5) is 9.11. The van der Waals surface area contributed by atoms with Crippen molar-refractivity contribution in [1.29, 1.82) is 5.41 Å². The van der Waals surface area contributed by atoms with Gasteiger partial charge in [0.05, 0.1) is 11.0 Å². The van der Waals surface area contributed by atoms with Crippen molar-refractivity contribution in [2.75, 3.05) is 0 Å². The summed E-state index contributed by atoms with van der Waals surface area (Å²) in [7, 11) is 0. The maximum atomic E-state index is 7.43. The van der Waals surface area contributed by atoms with Gasteiger partial charge in [0.2, 0.25) is 0 Å². The first-order valence-corrected chi connectivity index (χ1v) is 8.07. The van der Waals surface area contributed by atoms with Crippen LogP contribution in [0.25, 0.3) is 11.0 Å². The smallest absolute Gasteiger partial charge is 0.140 e. The molecule has 0 fully saturated rings. The van der Waals surface area contributed by atoms with Crippen LogP contribution in [0.1, 0.15) is 39.7 Å². The van der Waals surface area contributed by atoms with E-state index in [1.54, 1.807) is 12.4 Å². The number of hydrogen-bond acceptors (Lipinski definition) is 4. The summed E-state index contributed by atoms with van der Waals surface area (Å²) in [6.45, 7) is 12.3. The van der Waals surface area contributed by atoms with Crippen molar-refractivity contribution in [2.24, 2.45) is 4.99 Å². The van der Waals surface area contributed by atoms with E-state index in [1.807, 2.05) is 35.8 Å². The third-order valence-corrected chi connectivity index (χ3v) is 4.03. The maximum Gasteiger partial charge on any atom is 0.140 e. The molecule has 24 heavy (non-hydrogen) atoms. The molecule has 0 amide bonds. The Balaban J connectivity index is 2.47. The molecule has 0 saturated heterocycles. The molecule has 0 spiro atoms. The van der Waals surface area contributed by atoms with Crippen molar-refractivity contribution >= 4 is 23.1 Å². The number of nitrogens with one attached hydrogen (secondary N) is 2. The number of rotatable bonds is 6. The SMILES string of the molecule is C=C/C(=N\C(=C/C)NC(C)(C)CC)n1cnc2ccc(C=N)cc21. The van der Waals surface area contributed by atoms with Crippen LogP contribution in [0.15, 0.2) is 54.1 Å². The fourth-order valence-electron chi connectivity index (χ4n) is 2.22. The summed E-state index contributed by atoms with van der Waals surface area (Å²) in [6.07, 6.45) is 7.70. The van der Waals surface area contributed by atoms with Gasteiger partial charge in [-0.3, -0.25) is 4.57 Å². The molecule has 1 aromatic heterocycles. The van der Waals surface area contributed by atoms with Crippen molar-refractivity contribution in [2.45, 2.75) is 39.7 Å². The first-order valence-electron chi connectivity index (χ1n) is 8.07. The Morgan fingerprint density at radius 3 is 2.79 bits per heavy atom. The second-order valence-corrected chi connectivity index (χ2v) is 6.22. The molecule has 0 bridgehead atoms. The van der Waals surface area contributed by atoms with Crippen LogP contribution in [-0.4, -0.2) is 27.1 Å². The van der Waals surface area contributed by atoms with Gasteiger partial charge in [0.15, 0.2) is 0 Å². The molecule has 2 N–H and O–H groups in total. The standard InChI is InChI=1S/C19H25N5/c1-6-17(23-19(4,5)8-3)22-18(7-2)24-13-21-15-10-9-14(12-20)11-16(15)24/h6-7,9-13,20,23H,2,8H2,1,3-5H3/b17-6+,20-12?,22-18+. The van der Waals surface area contributed by atoms with Crippen molar-refractivity contribution in [3.63, 3.8) is 0 Å². The first kappa shape index (κ1) is 17.7. The summed E-state index contributed by atoms with van der Waals surface area (Å²) in [5.41, 5.74) is 2.55. The highest BCUT2D eigenvalue weighted by atomic mass is 15.2. The fraction of sp³-hybridized carbons (Fsp3) is 0.316. The van der Waals surface area contributed by atoms with Crippen molar-refractivity contribution in [3.8, 4) is 0 Å². The number of imidazole rings is 1. The average Bonchev–Trinajstić information content (AvgIpc) is 3.01. The predicted molar refractivity (Wildman–Crippen MR) is 102 cm³/mol. The second kappa shape index (κ2) is 7.25. The molecule has 5 nitrogen and oxygen atoms in total. The van der Waals surface area contributed by atoms with E-state index in [1.165, 1.54) is 6.21 Å². The molecule has 0 unspecified atom stereocenters. The van der Waals surface area contributed by atoms with Crippen LogP contribution in [0.3, 0.4) is 0 Å². The molecule has 126 valence electrons. The van der Waals surface area contributed by atoms with E-state index < -0.39 is 0 Å². The highest BCUT2D eigenvalue weighted by molar-refractivity contribution is 6.01. The van der Waals surface area contributed by atoms with Gasteiger partial charge in [-0.25, -0.2) is 9.98 Å². The summed E-state index contributed by atoms with van der Waals surface area (Å²) < 4.78 is 1.89. The lowest BCUT2D eigenvalue weighted by Crippen LogP contribution is -2.37. The van der Waals surface area contributed by atoms with E-state index in [0.29, 0.717) is 5.84 Å².